The molecular weight excluding hydrogens is 252 g/mol. The Morgan fingerprint density at radius 1 is 1.44 bits per heavy atom. The minimum atomic E-state index is -0.648. The Hall–Kier alpha value is -1.95. The molecule has 1 unspecified atom stereocenters. The van der Waals surface area contributed by atoms with Gasteiger partial charge in [-0.15, -0.1) is 0 Å². The van der Waals surface area contributed by atoms with Crippen molar-refractivity contribution in [2.45, 2.75) is 12.5 Å². The number of anilines is 1. The van der Waals surface area contributed by atoms with Crippen LogP contribution in [0.4, 0.5) is 5.69 Å². The first-order valence-electron chi connectivity index (χ1n) is 5.40. The van der Waals surface area contributed by atoms with Gasteiger partial charge in [-0.1, -0.05) is 18.2 Å². The zero-order chi connectivity index (χ0) is 13.1. The van der Waals surface area contributed by atoms with Gasteiger partial charge in [0, 0.05) is 0 Å². The summed E-state index contributed by atoms with van der Waals surface area (Å²) in [6, 6.07) is 8.41. The van der Waals surface area contributed by atoms with Crippen molar-refractivity contribution in [2.24, 2.45) is 0 Å². The lowest BCUT2D eigenvalue weighted by molar-refractivity contribution is -0.142. The lowest BCUT2D eigenvalue weighted by atomic mass is 10.2. The van der Waals surface area contributed by atoms with Crippen LogP contribution in [-0.4, -0.2) is 30.1 Å². The number of rotatable bonds is 3. The number of carbonyl (C=O) groups excluding carboxylic acids is 2. The van der Waals surface area contributed by atoms with Crippen molar-refractivity contribution >= 4 is 34.9 Å². The predicted octanol–water partition coefficient (Wildman–Crippen LogP) is 0.839. The van der Waals surface area contributed by atoms with Crippen LogP contribution in [0.15, 0.2) is 30.3 Å². The van der Waals surface area contributed by atoms with E-state index in [-0.39, 0.29) is 12.3 Å². The first kappa shape index (κ1) is 12.5. The van der Waals surface area contributed by atoms with Crippen molar-refractivity contribution in [3.8, 4) is 0 Å². The number of thiocarbonyl (C=S) groups is 1. The summed E-state index contributed by atoms with van der Waals surface area (Å²) >= 11 is 5.11. The molecule has 1 aliphatic rings. The average Bonchev–Trinajstić information content (AvgIpc) is 2.65. The molecule has 1 saturated heterocycles. The molecule has 0 saturated carbocycles. The van der Waals surface area contributed by atoms with E-state index in [0.29, 0.717) is 10.8 Å². The van der Waals surface area contributed by atoms with Gasteiger partial charge in [0.2, 0.25) is 0 Å². The molecule has 0 aliphatic carbocycles. The topological polar surface area (TPSA) is 58.6 Å². The third kappa shape index (κ3) is 2.33. The summed E-state index contributed by atoms with van der Waals surface area (Å²) in [5.41, 5.74) is 0.687. The van der Waals surface area contributed by atoms with E-state index >= 15 is 0 Å². The van der Waals surface area contributed by atoms with Crippen LogP contribution in [0.25, 0.3) is 0 Å². The van der Waals surface area contributed by atoms with E-state index in [1.54, 1.807) is 12.1 Å². The second-order valence-electron chi connectivity index (χ2n) is 3.79. The fourth-order valence-corrected chi connectivity index (χ4v) is 2.08. The maximum atomic E-state index is 12.1. The van der Waals surface area contributed by atoms with Gasteiger partial charge in [-0.2, -0.15) is 0 Å². The fraction of sp³-hybridized carbons (Fsp3) is 0.250. The SMILES string of the molecule is COC(=O)CC1NC(=S)N(c2ccccc2)C1=O. The Morgan fingerprint density at radius 2 is 2.11 bits per heavy atom. The Labute approximate surface area is 110 Å². The number of ether oxygens (including phenoxy) is 1. The highest BCUT2D eigenvalue weighted by Crippen LogP contribution is 2.20. The third-order valence-corrected chi connectivity index (χ3v) is 2.93. The molecule has 1 amide bonds. The highest BCUT2D eigenvalue weighted by Gasteiger charge is 2.37. The van der Waals surface area contributed by atoms with Gasteiger partial charge in [-0.25, -0.2) is 0 Å². The molecule has 1 aliphatic heterocycles. The number of methoxy groups -OCH3 is 1. The number of para-hydroxylation sites is 1. The van der Waals surface area contributed by atoms with Crippen molar-refractivity contribution < 1.29 is 14.3 Å². The van der Waals surface area contributed by atoms with Crippen LogP contribution in [0.2, 0.25) is 0 Å². The van der Waals surface area contributed by atoms with E-state index < -0.39 is 12.0 Å². The van der Waals surface area contributed by atoms with Crippen molar-refractivity contribution in [2.75, 3.05) is 12.0 Å². The van der Waals surface area contributed by atoms with Gasteiger partial charge in [0.25, 0.3) is 5.91 Å². The molecule has 0 bridgehead atoms. The molecule has 1 atom stereocenters. The Balaban J connectivity index is 2.17. The monoisotopic (exact) mass is 264 g/mol. The maximum absolute atomic E-state index is 12.1. The second-order valence-corrected chi connectivity index (χ2v) is 4.18. The van der Waals surface area contributed by atoms with E-state index in [1.165, 1.54) is 12.0 Å². The van der Waals surface area contributed by atoms with Gasteiger partial charge >= 0.3 is 5.97 Å². The molecule has 0 spiro atoms. The largest absolute Gasteiger partial charge is 0.469 e. The summed E-state index contributed by atoms with van der Waals surface area (Å²) in [5, 5.41) is 3.13. The summed E-state index contributed by atoms with van der Waals surface area (Å²) in [4.78, 5) is 24.7. The molecule has 5 nitrogen and oxygen atoms in total. The van der Waals surface area contributed by atoms with Crippen LogP contribution in [0.3, 0.4) is 0 Å². The molecule has 1 N–H and O–H groups in total. The molecule has 6 heteroatoms. The summed E-state index contributed by atoms with van der Waals surface area (Å²) in [5.74, 6) is -0.685. The highest BCUT2D eigenvalue weighted by molar-refractivity contribution is 7.80. The first-order chi connectivity index (χ1) is 8.63. The van der Waals surface area contributed by atoms with Crippen LogP contribution < -0.4 is 10.2 Å². The smallest absolute Gasteiger partial charge is 0.308 e. The molecule has 1 aromatic carbocycles. The molecule has 1 heterocycles. The second kappa shape index (κ2) is 5.14. The van der Waals surface area contributed by atoms with Crippen molar-refractivity contribution in [1.82, 2.24) is 5.32 Å². The Morgan fingerprint density at radius 3 is 2.72 bits per heavy atom. The van der Waals surface area contributed by atoms with Crippen molar-refractivity contribution in [3.05, 3.63) is 30.3 Å². The summed E-state index contributed by atoms with van der Waals surface area (Å²) in [7, 11) is 1.29. The molecule has 0 radical (unpaired) electrons. The van der Waals surface area contributed by atoms with Crippen molar-refractivity contribution in [3.63, 3.8) is 0 Å². The van der Waals surface area contributed by atoms with E-state index in [0.717, 1.165) is 0 Å². The van der Waals surface area contributed by atoms with Gasteiger partial charge in [0.15, 0.2) is 5.11 Å². The fourth-order valence-electron chi connectivity index (χ4n) is 1.74. The van der Waals surface area contributed by atoms with E-state index in [4.69, 9.17) is 12.2 Å². The molecule has 1 aromatic rings. The molecule has 0 aromatic heterocycles. The van der Waals surface area contributed by atoms with Crippen molar-refractivity contribution in [1.29, 1.82) is 0 Å². The number of esters is 1. The summed E-state index contributed by atoms with van der Waals surface area (Å²) in [6.07, 6.45) is -0.0290. The van der Waals surface area contributed by atoms with Crippen LogP contribution in [0, 0.1) is 0 Å². The zero-order valence-electron chi connectivity index (χ0n) is 9.75. The number of amides is 1. The molecule has 1 fully saturated rings. The van der Waals surface area contributed by atoms with Gasteiger partial charge < -0.3 is 10.1 Å². The van der Waals surface area contributed by atoms with Crippen LogP contribution >= 0.6 is 12.2 Å². The molecule has 2 rings (SSSR count). The molecular formula is C12H12N2O3S. The number of hydrogen-bond donors (Lipinski definition) is 1. The molecule has 94 valence electrons. The lowest BCUT2D eigenvalue weighted by Gasteiger charge is -2.14. The first-order valence-corrected chi connectivity index (χ1v) is 5.80. The van der Waals surface area contributed by atoms with Crippen LogP contribution in [-0.2, 0) is 14.3 Å². The lowest BCUT2D eigenvalue weighted by Crippen LogP contribution is -2.32. The Kier molecular flexibility index (Phi) is 3.57. The van der Waals surface area contributed by atoms with E-state index in [2.05, 4.69) is 10.1 Å². The zero-order valence-corrected chi connectivity index (χ0v) is 10.6. The number of hydrogen-bond acceptors (Lipinski definition) is 4. The number of benzene rings is 1. The van der Waals surface area contributed by atoms with Gasteiger partial charge in [0.05, 0.1) is 19.2 Å². The minimum absolute atomic E-state index is 0.0290. The maximum Gasteiger partial charge on any atom is 0.308 e. The standard InChI is InChI=1S/C12H12N2O3S/c1-17-10(15)7-9-11(16)14(12(18)13-9)8-5-3-2-4-6-8/h2-6,9H,7H2,1H3,(H,13,18). The van der Waals surface area contributed by atoms with Crippen LogP contribution in [0.5, 0.6) is 0 Å². The normalized spacial score (nSPS) is 18.7. The summed E-state index contributed by atoms with van der Waals surface area (Å²) < 4.78 is 4.54. The van der Waals surface area contributed by atoms with Gasteiger partial charge in [-0.3, -0.25) is 14.5 Å². The van der Waals surface area contributed by atoms with Gasteiger partial charge in [-0.05, 0) is 24.4 Å². The number of nitrogens with one attached hydrogen (secondary N) is 1. The highest BCUT2D eigenvalue weighted by atomic mass is 32.1. The van der Waals surface area contributed by atoms with Gasteiger partial charge in [0.1, 0.15) is 6.04 Å². The quantitative estimate of drug-likeness (QED) is 0.647. The number of nitrogens with zero attached hydrogens (tertiary/aromatic N) is 1. The predicted molar refractivity (Wildman–Crippen MR) is 70.1 cm³/mol. The Bertz CT molecular complexity index is 489. The minimum Gasteiger partial charge on any atom is -0.469 e. The average molecular weight is 264 g/mol. The number of carbonyl (C=O) groups is 2. The molecule has 18 heavy (non-hydrogen) atoms. The van der Waals surface area contributed by atoms with E-state index in [9.17, 15) is 9.59 Å². The third-order valence-electron chi connectivity index (χ3n) is 2.63. The van der Waals surface area contributed by atoms with E-state index in [1.807, 2.05) is 18.2 Å². The summed E-state index contributed by atoms with van der Waals surface area (Å²) in [6.45, 7) is 0. The van der Waals surface area contributed by atoms with Crippen LogP contribution in [0.1, 0.15) is 6.42 Å².